The lowest BCUT2D eigenvalue weighted by molar-refractivity contribution is 0.670. The second-order valence-electron chi connectivity index (χ2n) is 14.4. The summed E-state index contributed by atoms with van der Waals surface area (Å²) in [5.74, 6) is 0. The van der Waals surface area contributed by atoms with E-state index in [4.69, 9.17) is 4.42 Å². The van der Waals surface area contributed by atoms with Crippen molar-refractivity contribution >= 4 is 54.3 Å². The van der Waals surface area contributed by atoms with Gasteiger partial charge in [-0.25, -0.2) is 0 Å². The molecule has 0 aliphatic carbocycles. The van der Waals surface area contributed by atoms with Gasteiger partial charge in [0.15, 0.2) is 0 Å². The first-order chi connectivity index (χ1) is 27.3. The number of fused-ring (bicyclic) bond motifs is 6. The van der Waals surface area contributed by atoms with Crippen molar-refractivity contribution in [3.63, 3.8) is 0 Å². The molecule has 1 heteroatoms. The summed E-state index contributed by atoms with van der Waals surface area (Å²) < 4.78 is 6.42. The van der Waals surface area contributed by atoms with Crippen molar-refractivity contribution in [2.24, 2.45) is 0 Å². The number of rotatable bonds is 5. The first-order valence-electron chi connectivity index (χ1n) is 18.9. The number of furan rings is 1. The molecule has 0 aliphatic rings. The van der Waals surface area contributed by atoms with Crippen molar-refractivity contribution in [2.45, 2.75) is 0 Å². The largest absolute Gasteiger partial charge is 0.455 e. The Morgan fingerprint density at radius 1 is 0.255 bits per heavy atom. The minimum Gasteiger partial charge on any atom is -0.455 e. The van der Waals surface area contributed by atoms with Crippen LogP contribution in [0.2, 0.25) is 0 Å². The van der Waals surface area contributed by atoms with Crippen molar-refractivity contribution in [3.05, 3.63) is 206 Å². The van der Waals surface area contributed by atoms with Crippen LogP contribution >= 0.6 is 0 Å². The Bertz CT molecular complexity index is 3130. The second kappa shape index (κ2) is 12.7. The molecule has 0 unspecified atom stereocenters. The molecule has 0 spiro atoms. The van der Waals surface area contributed by atoms with Gasteiger partial charge < -0.3 is 4.42 Å². The molecule has 11 aromatic rings. The van der Waals surface area contributed by atoms with Crippen LogP contribution in [0.15, 0.2) is 211 Å². The predicted octanol–water partition coefficient (Wildman–Crippen LogP) is 15.4. The maximum atomic E-state index is 6.42. The monoisotopic (exact) mass is 698 g/mol. The fraction of sp³-hybridized carbons (Fsp3) is 0. The molecule has 0 bridgehead atoms. The summed E-state index contributed by atoms with van der Waals surface area (Å²) >= 11 is 0. The van der Waals surface area contributed by atoms with E-state index in [1.54, 1.807) is 0 Å². The molecular weight excluding hydrogens is 665 g/mol. The van der Waals surface area contributed by atoms with E-state index < -0.39 is 0 Å². The van der Waals surface area contributed by atoms with Crippen molar-refractivity contribution in [3.8, 4) is 55.6 Å². The molecule has 0 radical (unpaired) electrons. The summed E-state index contributed by atoms with van der Waals surface area (Å²) in [4.78, 5) is 0. The molecule has 55 heavy (non-hydrogen) atoms. The standard InChI is InChI=1S/C54H34O/c1-3-15-35(16-4-1)41-24-13-25-42(36-17-5-2-6-18-36)52(41)53-47-22-9-7-20-45(47)51(46-21-8-10-23-48(46)53)40-32-30-37-33-39(31-29-38(37)34-40)43-26-14-27-49-44-19-11-12-28-50(44)55-54(43)49/h1-34H. The topological polar surface area (TPSA) is 13.1 Å². The van der Waals surface area contributed by atoms with Gasteiger partial charge in [0.2, 0.25) is 0 Å². The van der Waals surface area contributed by atoms with Crippen LogP contribution in [-0.4, -0.2) is 0 Å². The molecule has 256 valence electrons. The molecule has 10 aromatic carbocycles. The van der Waals surface area contributed by atoms with Gasteiger partial charge in [0.1, 0.15) is 11.2 Å². The third-order valence-corrected chi connectivity index (χ3v) is 11.3. The zero-order valence-corrected chi connectivity index (χ0v) is 30.0. The molecule has 1 nitrogen and oxygen atoms in total. The van der Waals surface area contributed by atoms with E-state index in [0.29, 0.717) is 0 Å². The lowest BCUT2D eigenvalue weighted by atomic mass is 9.81. The normalized spacial score (nSPS) is 11.6. The van der Waals surface area contributed by atoms with E-state index >= 15 is 0 Å². The van der Waals surface area contributed by atoms with Crippen LogP contribution in [0.5, 0.6) is 0 Å². The van der Waals surface area contributed by atoms with E-state index in [1.807, 2.05) is 12.1 Å². The Hall–Kier alpha value is -7.22. The lowest BCUT2D eigenvalue weighted by Crippen LogP contribution is -1.95. The third-order valence-electron chi connectivity index (χ3n) is 11.3. The molecule has 0 fully saturated rings. The van der Waals surface area contributed by atoms with Crippen LogP contribution in [0.25, 0.3) is 110 Å². The van der Waals surface area contributed by atoms with Gasteiger partial charge >= 0.3 is 0 Å². The highest BCUT2D eigenvalue weighted by atomic mass is 16.3. The molecular formula is C54H34O. The summed E-state index contributed by atoms with van der Waals surface area (Å²) in [5, 5.41) is 9.66. The zero-order chi connectivity index (χ0) is 36.3. The van der Waals surface area contributed by atoms with Crippen LogP contribution < -0.4 is 0 Å². The molecule has 0 saturated carbocycles. The first kappa shape index (κ1) is 31.3. The maximum Gasteiger partial charge on any atom is 0.143 e. The first-order valence-corrected chi connectivity index (χ1v) is 18.9. The summed E-state index contributed by atoms with van der Waals surface area (Å²) in [6.07, 6.45) is 0. The van der Waals surface area contributed by atoms with Crippen LogP contribution in [0.1, 0.15) is 0 Å². The average Bonchev–Trinajstić information content (AvgIpc) is 3.65. The number of benzene rings is 10. The zero-order valence-electron chi connectivity index (χ0n) is 30.0. The summed E-state index contributed by atoms with van der Waals surface area (Å²) in [6, 6.07) is 74.8. The summed E-state index contributed by atoms with van der Waals surface area (Å²) in [5.41, 5.74) is 14.0. The van der Waals surface area contributed by atoms with E-state index in [2.05, 4.69) is 194 Å². The highest BCUT2D eigenvalue weighted by molar-refractivity contribution is 6.24. The molecule has 1 heterocycles. The van der Waals surface area contributed by atoms with Gasteiger partial charge in [-0.2, -0.15) is 0 Å². The van der Waals surface area contributed by atoms with Gasteiger partial charge in [-0.1, -0.05) is 188 Å². The Kier molecular flexibility index (Phi) is 7.25. The van der Waals surface area contributed by atoms with Crippen molar-refractivity contribution in [2.75, 3.05) is 0 Å². The average molecular weight is 699 g/mol. The second-order valence-corrected chi connectivity index (χ2v) is 14.4. The van der Waals surface area contributed by atoms with Crippen LogP contribution in [0.3, 0.4) is 0 Å². The van der Waals surface area contributed by atoms with E-state index in [9.17, 15) is 0 Å². The fourth-order valence-corrected chi connectivity index (χ4v) is 8.79. The Morgan fingerprint density at radius 3 is 1.33 bits per heavy atom. The maximum absolute atomic E-state index is 6.42. The Labute approximate surface area is 319 Å². The van der Waals surface area contributed by atoms with Crippen LogP contribution in [0.4, 0.5) is 0 Å². The molecule has 0 aliphatic heterocycles. The Balaban J connectivity index is 1.13. The lowest BCUT2D eigenvalue weighted by Gasteiger charge is -2.22. The van der Waals surface area contributed by atoms with Crippen LogP contribution in [0, 0.1) is 0 Å². The number of para-hydroxylation sites is 2. The molecule has 0 N–H and O–H groups in total. The quantitative estimate of drug-likeness (QED) is 0.163. The van der Waals surface area contributed by atoms with Crippen molar-refractivity contribution in [1.82, 2.24) is 0 Å². The predicted molar refractivity (Wildman–Crippen MR) is 233 cm³/mol. The summed E-state index contributed by atoms with van der Waals surface area (Å²) in [7, 11) is 0. The van der Waals surface area contributed by atoms with Gasteiger partial charge in [-0.3, -0.25) is 0 Å². The summed E-state index contributed by atoms with van der Waals surface area (Å²) in [6.45, 7) is 0. The fourth-order valence-electron chi connectivity index (χ4n) is 8.79. The Morgan fingerprint density at radius 2 is 0.709 bits per heavy atom. The van der Waals surface area contributed by atoms with Gasteiger partial charge in [0.05, 0.1) is 0 Å². The highest BCUT2D eigenvalue weighted by Gasteiger charge is 2.22. The molecule has 11 rings (SSSR count). The van der Waals surface area contributed by atoms with E-state index in [-0.39, 0.29) is 0 Å². The van der Waals surface area contributed by atoms with Crippen molar-refractivity contribution in [1.29, 1.82) is 0 Å². The SMILES string of the molecule is c1ccc(-c2cccc(-c3ccccc3)c2-c2c3ccccc3c(-c3ccc4cc(-c5cccc6c5oc5ccccc56)ccc4c3)c3ccccc23)cc1. The van der Waals surface area contributed by atoms with Gasteiger partial charge in [-0.15, -0.1) is 0 Å². The van der Waals surface area contributed by atoms with Gasteiger partial charge in [0.25, 0.3) is 0 Å². The molecule has 1 aromatic heterocycles. The third kappa shape index (κ3) is 5.09. The molecule has 0 saturated heterocycles. The van der Waals surface area contributed by atoms with Gasteiger partial charge in [-0.05, 0) is 101 Å². The minimum absolute atomic E-state index is 0.917. The molecule has 0 amide bonds. The molecule has 0 atom stereocenters. The van der Waals surface area contributed by atoms with Gasteiger partial charge in [0, 0.05) is 16.3 Å². The van der Waals surface area contributed by atoms with Crippen LogP contribution in [-0.2, 0) is 0 Å². The highest BCUT2D eigenvalue weighted by Crippen LogP contribution is 2.49. The minimum atomic E-state index is 0.917. The van der Waals surface area contributed by atoms with E-state index in [0.717, 1.165) is 33.1 Å². The number of hydrogen-bond acceptors (Lipinski definition) is 1. The smallest absolute Gasteiger partial charge is 0.143 e. The van der Waals surface area contributed by atoms with Crippen molar-refractivity contribution < 1.29 is 4.42 Å². The number of hydrogen-bond donors (Lipinski definition) is 0. The van der Waals surface area contributed by atoms with E-state index in [1.165, 1.54) is 76.8 Å².